The molecule has 8 heteroatoms. The van der Waals surface area contributed by atoms with Gasteiger partial charge in [0.1, 0.15) is 0 Å². The van der Waals surface area contributed by atoms with Gasteiger partial charge < -0.3 is 10.0 Å². The van der Waals surface area contributed by atoms with E-state index in [2.05, 4.69) is 15.4 Å². The number of amides is 2. The van der Waals surface area contributed by atoms with E-state index in [9.17, 15) is 14.7 Å². The highest BCUT2D eigenvalue weighted by molar-refractivity contribution is 5.92. The van der Waals surface area contributed by atoms with Crippen LogP contribution in [0.3, 0.4) is 0 Å². The van der Waals surface area contributed by atoms with Crippen LogP contribution in [0.4, 0.5) is 4.79 Å². The number of hydrogen-bond donors (Lipinski definition) is 2. The van der Waals surface area contributed by atoms with Crippen LogP contribution in [0, 0.1) is 5.41 Å². The molecule has 3 rings (SSSR count). The number of rotatable bonds is 1. The number of nitrogens with one attached hydrogen (secondary N) is 1. The molecule has 3 heterocycles. The predicted molar refractivity (Wildman–Crippen MR) is 77.4 cm³/mol. The van der Waals surface area contributed by atoms with Crippen LogP contribution in [-0.2, 0) is 0 Å². The summed E-state index contributed by atoms with van der Waals surface area (Å²) in [6.45, 7) is 6.92. The maximum atomic E-state index is 12.6. The van der Waals surface area contributed by atoms with Crippen molar-refractivity contribution in [2.24, 2.45) is 5.41 Å². The van der Waals surface area contributed by atoms with Crippen molar-refractivity contribution in [3.05, 3.63) is 11.9 Å². The molecule has 0 aliphatic carbocycles. The number of carboxylic acid groups (broad SMARTS) is 1. The molecule has 2 aliphatic heterocycles. The third-order valence-corrected chi connectivity index (χ3v) is 5.13. The van der Waals surface area contributed by atoms with Gasteiger partial charge in [0.15, 0.2) is 5.69 Å². The first kappa shape index (κ1) is 14.8. The second-order valence-corrected chi connectivity index (χ2v) is 7.17. The van der Waals surface area contributed by atoms with Crippen LogP contribution >= 0.6 is 0 Å². The fraction of sp³-hybridized carbons (Fsp3) is 0.714. The highest BCUT2D eigenvalue weighted by Gasteiger charge is 2.59. The lowest BCUT2D eigenvalue weighted by Crippen LogP contribution is -2.68. The molecule has 2 N–H and O–H groups in total. The highest BCUT2D eigenvalue weighted by Crippen LogP contribution is 2.49. The molecule has 0 spiro atoms. The van der Waals surface area contributed by atoms with Gasteiger partial charge in [0.25, 0.3) is 5.91 Å². The fourth-order valence-corrected chi connectivity index (χ4v) is 3.90. The van der Waals surface area contributed by atoms with Gasteiger partial charge >= 0.3 is 6.09 Å². The Morgan fingerprint density at radius 3 is 2.73 bits per heavy atom. The quantitative estimate of drug-likeness (QED) is 0.811. The standard InChI is InChI=1S/C14H21N5O3/c1-13(2,3)14-5-4-9(19(14)12(21)22)7-18(8-14)11(20)10-6-15-17-16-10/h6,9H,4-5,7-8H2,1-3H3,(H,21,22)(H,15,16,17). The monoisotopic (exact) mass is 307 g/mol. The van der Waals surface area contributed by atoms with E-state index in [0.717, 1.165) is 12.8 Å². The van der Waals surface area contributed by atoms with E-state index >= 15 is 0 Å². The van der Waals surface area contributed by atoms with E-state index in [-0.39, 0.29) is 23.1 Å². The molecule has 0 radical (unpaired) electrons. The largest absolute Gasteiger partial charge is 0.465 e. The summed E-state index contributed by atoms with van der Waals surface area (Å²) < 4.78 is 0. The molecule has 120 valence electrons. The molecular formula is C14H21N5O3. The third kappa shape index (κ3) is 1.97. The Bertz CT molecular complexity index is 594. The molecule has 0 saturated carbocycles. The molecule has 2 bridgehead atoms. The summed E-state index contributed by atoms with van der Waals surface area (Å²) in [5, 5.41) is 19.5. The SMILES string of the molecule is CC(C)(C)C12CCC(CN(C(=O)c3c[nH]nn3)C1)N2C(=O)O. The van der Waals surface area contributed by atoms with Crippen LogP contribution in [0.1, 0.15) is 44.1 Å². The Morgan fingerprint density at radius 2 is 2.18 bits per heavy atom. The van der Waals surface area contributed by atoms with Crippen molar-refractivity contribution in [1.82, 2.24) is 25.2 Å². The summed E-state index contributed by atoms with van der Waals surface area (Å²) in [5.41, 5.74) is -0.545. The van der Waals surface area contributed by atoms with E-state index in [1.165, 1.54) is 6.20 Å². The average molecular weight is 307 g/mol. The van der Waals surface area contributed by atoms with Crippen molar-refractivity contribution in [2.75, 3.05) is 13.1 Å². The van der Waals surface area contributed by atoms with Crippen molar-refractivity contribution >= 4 is 12.0 Å². The van der Waals surface area contributed by atoms with Crippen LogP contribution < -0.4 is 0 Å². The number of aromatic nitrogens is 3. The minimum Gasteiger partial charge on any atom is -0.465 e. The molecule has 22 heavy (non-hydrogen) atoms. The summed E-state index contributed by atoms with van der Waals surface area (Å²) in [5.74, 6) is -0.195. The normalized spacial score (nSPS) is 28.0. The Hall–Kier alpha value is -2.12. The topological polar surface area (TPSA) is 102 Å². The molecule has 8 nitrogen and oxygen atoms in total. The Kier molecular flexibility index (Phi) is 3.15. The first-order chi connectivity index (χ1) is 10.3. The van der Waals surface area contributed by atoms with Crippen LogP contribution in [-0.4, -0.2) is 67.0 Å². The molecule has 2 fully saturated rings. The zero-order chi connectivity index (χ0) is 16.1. The minimum atomic E-state index is -0.897. The van der Waals surface area contributed by atoms with Gasteiger partial charge in [-0.2, -0.15) is 0 Å². The lowest BCUT2D eigenvalue weighted by molar-refractivity contribution is -0.0399. The van der Waals surface area contributed by atoms with Gasteiger partial charge in [-0.1, -0.05) is 26.0 Å². The third-order valence-electron chi connectivity index (χ3n) is 5.13. The summed E-state index contributed by atoms with van der Waals surface area (Å²) in [6.07, 6.45) is 2.13. The Morgan fingerprint density at radius 1 is 1.45 bits per heavy atom. The molecule has 2 aliphatic rings. The lowest BCUT2D eigenvalue weighted by Gasteiger charge is -2.54. The molecular weight excluding hydrogens is 286 g/mol. The highest BCUT2D eigenvalue weighted by atomic mass is 16.4. The zero-order valence-electron chi connectivity index (χ0n) is 13.0. The smallest absolute Gasteiger partial charge is 0.408 e. The second kappa shape index (κ2) is 4.69. The van der Waals surface area contributed by atoms with E-state index < -0.39 is 11.6 Å². The van der Waals surface area contributed by atoms with Gasteiger partial charge in [0.05, 0.1) is 17.8 Å². The molecule has 1 aromatic rings. The van der Waals surface area contributed by atoms with Crippen LogP contribution in [0.25, 0.3) is 0 Å². The van der Waals surface area contributed by atoms with Gasteiger partial charge in [-0.3, -0.25) is 14.8 Å². The number of carbonyl (C=O) groups is 2. The number of hydrogen-bond acceptors (Lipinski definition) is 4. The van der Waals surface area contributed by atoms with Gasteiger partial charge in [0.2, 0.25) is 0 Å². The lowest BCUT2D eigenvalue weighted by atomic mass is 9.71. The van der Waals surface area contributed by atoms with Crippen molar-refractivity contribution in [3.63, 3.8) is 0 Å². The van der Waals surface area contributed by atoms with E-state index in [0.29, 0.717) is 13.1 Å². The van der Waals surface area contributed by atoms with Gasteiger partial charge in [-0.05, 0) is 18.3 Å². The maximum absolute atomic E-state index is 12.6. The van der Waals surface area contributed by atoms with E-state index in [1.807, 2.05) is 20.8 Å². The fourth-order valence-electron chi connectivity index (χ4n) is 3.90. The molecule has 0 aromatic carbocycles. The van der Waals surface area contributed by atoms with Gasteiger partial charge in [-0.15, -0.1) is 5.10 Å². The first-order valence-electron chi connectivity index (χ1n) is 7.44. The summed E-state index contributed by atoms with van der Waals surface area (Å²) in [7, 11) is 0. The number of carbonyl (C=O) groups excluding carboxylic acids is 1. The second-order valence-electron chi connectivity index (χ2n) is 7.17. The van der Waals surface area contributed by atoms with Crippen molar-refractivity contribution in [1.29, 1.82) is 0 Å². The zero-order valence-corrected chi connectivity index (χ0v) is 13.0. The van der Waals surface area contributed by atoms with E-state index in [1.54, 1.807) is 9.80 Å². The van der Waals surface area contributed by atoms with Gasteiger partial charge in [-0.25, -0.2) is 4.79 Å². The van der Waals surface area contributed by atoms with Crippen molar-refractivity contribution < 1.29 is 14.7 Å². The average Bonchev–Trinajstić information content (AvgIpc) is 3.02. The Labute approximate surface area is 128 Å². The Balaban J connectivity index is 1.95. The van der Waals surface area contributed by atoms with Crippen LogP contribution in [0.5, 0.6) is 0 Å². The number of piperazine rings is 1. The molecule has 2 saturated heterocycles. The number of likely N-dealkylation sites (tertiary alicyclic amines) is 1. The summed E-state index contributed by atoms with van der Waals surface area (Å²) in [6, 6.07) is -0.152. The number of nitrogens with zero attached hydrogens (tertiary/aromatic N) is 4. The molecule has 2 unspecified atom stereocenters. The van der Waals surface area contributed by atoms with Crippen LogP contribution in [0.2, 0.25) is 0 Å². The summed E-state index contributed by atoms with van der Waals surface area (Å²) in [4.78, 5) is 27.6. The van der Waals surface area contributed by atoms with Crippen molar-refractivity contribution in [3.8, 4) is 0 Å². The van der Waals surface area contributed by atoms with E-state index in [4.69, 9.17) is 0 Å². The summed E-state index contributed by atoms with van der Waals surface area (Å²) >= 11 is 0. The molecule has 2 atom stereocenters. The van der Waals surface area contributed by atoms with Gasteiger partial charge in [0, 0.05) is 13.1 Å². The first-order valence-corrected chi connectivity index (χ1v) is 7.44. The number of fused-ring (bicyclic) bond motifs is 2. The van der Waals surface area contributed by atoms with Crippen LogP contribution in [0.15, 0.2) is 6.20 Å². The minimum absolute atomic E-state index is 0.152. The number of aromatic amines is 1. The van der Waals surface area contributed by atoms with Crippen molar-refractivity contribution in [2.45, 2.75) is 45.2 Å². The molecule has 1 aromatic heterocycles. The maximum Gasteiger partial charge on any atom is 0.408 e. The predicted octanol–water partition coefficient (Wildman–Crippen LogP) is 1.19. The molecule has 2 amide bonds. The number of H-pyrrole nitrogens is 1.